The first kappa shape index (κ1) is 18.3. The van der Waals surface area contributed by atoms with Gasteiger partial charge in [0.2, 0.25) is 0 Å². The Balaban J connectivity index is 1.41. The van der Waals surface area contributed by atoms with E-state index in [-0.39, 0.29) is 11.5 Å². The Labute approximate surface area is 163 Å². The molecule has 1 amide bonds. The molecule has 0 saturated carbocycles. The van der Waals surface area contributed by atoms with E-state index in [1.165, 1.54) is 23.4 Å². The van der Waals surface area contributed by atoms with Crippen LogP contribution in [0.5, 0.6) is 0 Å². The van der Waals surface area contributed by atoms with Crippen molar-refractivity contribution in [1.29, 1.82) is 0 Å². The van der Waals surface area contributed by atoms with Crippen LogP contribution in [0.15, 0.2) is 36.4 Å². The van der Waals surface area contributed by atoms with E-state index in [1.54, 1.807) is 0 Å². The number of carbonyl (C=O) groups excluding carboxylic acids is 1. The number of hydrogen-bond donors (Lipinski definition) is 1. The van der Waals surface area contributed by atoms with Gasteiger partial charge in [-0.25, -0.2) is 14.4 Å². The molecule has 28 heavy (non-hydrogen) atoms. The van der Waals surface area contributed by atoms with Crippen molar-refractivity contribution in [3.05, 3.63) is 64.7 Å². The van der Waals surface area contributed by atoms with Crippen LogP contribution >= 0.6 is 0 Å². The number of para-hydroxylation sites is 1. The van der Waals surface area contributed by atoms with Gasteiger partial charge in [0.15, 0.2) is 0 Å². The lowest BCUT2D eigenvalue weighted by Crippen LogP contribution is -2.29. The summed E-state index contributed by atoms with van der Waals surface area (Å²) in [6.45, 7) is 6.06. The van der Waals surface area contributed by atoms with Crippen LogP contribution in [-0.4, -0.2) is 35.5 Å². The van der Waals surface area contributed by atoms with Crippen molar-refractivity contribution in [2.45, 2.75) is 26.7 Å². The van der Waals surface area contributed by atoms with E-state index in [1.807, 2.05) is 13.8 Å². The van der Waals surface area contributed by atoms with E-state index >= 15 is 0 Å². The normalized spacial score (nSPS) is 13.0. The third-order valence-electron chi connectivity index (χ3n) is 5.26. The summed E-state index contributed by atoms with van der Waals surface area (Å²) < 4.78 is 14.0. The molecule has 6 heteroatoms. The second-order valence-corrected chi connectivity index (χ2v) is 7.19. The van der Waals surface area contributed by atoms with Crippen LogP contribution in [0.2, 0.25) is 0 Å². The van der Waals surface area contributed by atoms with Gasteiger partial charge in [-0.05, 0) is 44.4 Å². The average molecular weight is 378 g/mol. The van der Waals surface area contributed by atoms with Crippen molar-refractivity contribution in [3.8, 4) is 0 Å². The molecule has 0 radical (unpaired) electrons. The number of rotatable bonds is 5. The van der Waals surface area contributed by atoms with Crippen LogP contribution in [0, 0.1) is 19.7 Å². The summed E-state index contributed by atoms with van der Waals surface area (Å²) in [6, 6.07) is 11.0. The van der Waals surface area contributed by atoms with Crippen LogP contribution in [0.1, 0.15) is 33.7 Å². The number of halogens is 1. The lowest BCUT2D eigenvalue weighted by Gasteiger charge is -2.19. The molecule has 1 aliphatic rings. The van der Waals surface area contributed by atoms with Gasteiger partial charge in [0.05, 0.1) is 22.5 Å². The van der Waals surface area contributed by atoms with Crippen LogP contribution in [-0.2, 0) is 6.42 Å². The number of carbonyl (C=O) groups is 1. The number of hydrogen-bond acceptors (Lipinski definition) is 4. The fraction of sp³-hybridized carbons (Fsp3) is 0.318. The van der Waals surface area contributed by atoms with Gasteiger partial charge >= 0.3 is 0 Å². The second kappa shape index (κ2) is 7.54. The van der Waals surface area contributed by atoms with Crippen LogP contribution < -0.4 is 10.2 Å². The molecule has 0 saturated heterocycles. The lowest BCUT2D eigenvalue weighted by atomic mass is 10.1. The molecule has 1 aromatic heterocycles. The van der Waals surface area contributed by atoms with Crippen LogP contribution in [0.4, 0.5) is 10.1 Å². The van der Waals surface area contributed by atoms with Gasteiger partial charge in [0.25, 0.3) is 5.91 Å². The molecule has 144 valence electrons. The number of aryl methyl sites for hydroxylation is 2. The summed E-state index contributed by atoms with van der Waals surface area (Å²) in [7, 11) is 0. The summed E-state index contributed by atoms with van der Waals surface area (Å²) in [6.07, 6.45) is 1.88. The first-order valence-corrected chi connectivity index (χ1v) is 9.58. The number of nitrogens with one attached hydrogen (secondary N) is 1. The molecule has 1 aliphatic heterocycles. The molecule has 1 N–H and O–H groups in total. The summed E-state index contributed by atoms with van der Waals surface area (Å²) in [5.41, 5.74) is 5.21. The van der Waals surface area contributed by atoms with E-state index in [9.17, 15) is 9.18 Å². The van der Waals surface area contributed by atoms with Gasteiger partial charge < -0.3 is 10.2 Å². The molecule has 0 spiro atoms. The SMILES string of the molecule is Cc1nc2cc(F)cc(C(=O)NCCCN3CCc4ccccc43)c2nc1C. The zero-order valence-electron chi connectivity index (χ0n) is 16.1. The molecule has 3 aromatic rings. The van der Waals surface area contributed by atoms with E-state index in [0.717, 1.165) is 37.3 Å². The minimum Gasteiger partial charge on any atom is -0.371 e. The van der Waals surface area contributed by atoms with Crippen LogP contribution in [0.3, 0.4) is 0 Å². The smallest absolute Gasteiger partial charge is 0.253 e. The predicted molar refractivity (Wildman–Crippen MR) is 108 cm³/mol. The van der Waals surface area contributed by atoms with Crippen molar-refractivity contribution < 1.29 is 9.18 Å². The molecule has 4 rings (SSSR count). The number of amides is 1. The third-order valence-corrected chi connectivity index (χ3v) is 5.26. The Kier molecular flexibility index (Phi) is 4.94. The summed E-state index contributed by atoms with van der Waals surface area (Å²) in [5, 5.41) is 2.90. The molecule has 0 aliphatic carbocycles. The molecule has 2 aromatic carbocycles. The fourth-order valence-electron chi connectivity index (χ4n) is 3.68. The average Bonchev–Trinajstić information content (AvgIpc) is 3.09. The Morgan fingerprint density at radius 2 is 1.96 bits per heavy atom. The van der Waals surface area contributed by atoms with Gasteiger partial charge in [-0.1, -0.05) is 18.2 Å². The standard InChI is InChI=1S/C22H23FN4O/c1-14-15(2)26-21-18(12-17(23)13-19(21)25-14)22(28)24-9-5-10-27-11-8-16-6-3-4-7-20(16)27/h3-4,6-7,12-13H,5,8-11H2,1-2H3,(H,24,28). The zero-order valence-corrected chi connectivity index (χ0v) is 16.1. The highest BCUT2D eigenvalue weighted by molar-refractivity contribution is 6.04. The zero-order chi connectivity index (χ0) is 19.7. The molecular weight excluding hydrogens is 355 g/mol. The maximum absolute atomic E-state index is 14.0. The third kappa shape index (κ3) is 3.54. The molecule has 0 bridgehead atoms. The lowest BCUT2D eigenvalue weighted by molar-refractivity contribution is 0.0954. The highest BCUT2D eigenvalue weighted by Gasteiger charge is 2.18. The summed E-state index contributed by atoms with van der Waals surface area (Å²) in [4.78, 5) is 23.8. The first-order chi connectivity index (χ1) is 13.5. The Morgan fingerprint density at radius 3 is 2.82 bits per heavy atom. The maximum Gasteiger partial charge on any atom is 0.253 e. The monoisotopic (exact) mass is 378 g/mol. The molecule has 0 atom stereocenters. The van der Waals surface area contributed by atoms with E-state index in [4.69, 9.17) is 0 Å². The number of benzene rings is 2. The number of anilines is 1. The topological polar surface area (TPSA) is 58.1 Å². The van der Waals surface area contributed by atoms with Gasteiger partial charge in [-0.3, -0.25) is 4.79 Å². The molecule has 0 unspecified atom stereocenters. The van der Waals surface area contributed by atoms with Gasteiger partial charge in [-0.15, -0.1) is 0 Å². The highest BCUT2D eigenvalue weighted by Crippen LogP contribution is 2.27. The quantitative estimate of drug-likeness (QED) is 0.690. The Hall–Kier alpha value is -3.02. The van der Waals surface area contributed by atoms with E-state index in [2.05, 4.69) is 44.5 Å². The van der Waals surface area contributed by atoms with Crippen molar-refractivity contribution in [2.24, 2.45) is 0 Å². The van der Waals surface area contributed by atoms with Gasteiger partial charge in [-0.2, -0.15) is 0 Å². The fourth-order valence-corrected chi connectivity index (χ4v) is 3.68. The molecule has 5 nitrogen and oxygen atoms in total. The summed E-state index contributed by atoms with van der Waals surface area (Å²) >= 11 is 0. The van der Waals surface area contributed by atoms with Gasteiger partial charge in [0, 0.05) is 31.4 Å². The molecular formula is C22H23FN4O. The van der Waals surface area contributed by atoms with Crippen molar-refractivity contribution in [1.82, 2.24) is 15.3 Å². The predicted octanol–water partition coefficient (Wildman–Crippen LogP) is 3.57. The van der Waals surface area contributed by atoms with Crippen LogP contribution in [0.25, 0.3) is 11.0 Å². The van der Waals surface area contributed by atoms with E-state index in [0.29, 0.717) is 17.6 Å². The first-order valence-electron chi connectivity index (χ1n) is 9.58. The van der Waals surface area contributed by atoms with Crippen molar-refractivity contribution in [3.63, 3.8) is 0 Å². The summed E-state index contributed by atoms with van der Waals surface area (Å²) in [5.74, 6) is -0.798. The number of fused-ring (bicyclic) bond motifs is 2. The van der Waals surface area contributed by atoms with Crippen molar-refractivity contribution in [2.75, 3.05) is 24.5 Å². The Morgan fingerprint density at radius 1 is 1.18 bits per heavy atom. The molecule has 2 heterocycles. The largest absolute Gasteiger partial charge is 0.371 e. The highest BCUT2D eigenvalue weighted by atomic mass is 19.1. The van der Waals surface area contributed by atoms with Crippen molar-refractivity contribution >= 4 is 22.6 Å². The second-order valence-electron chi connectivity index (χ2n) is 7.19. The number of aromatic nitrogens is 2. The maximum atomic E-state index is 14.0. The Bertz CT molecular complexity index is 1050. The minimum absolute atomic E-state index is 0.233. The van der Waals surface area contributed by atoms with E-state index < -0.39 is 5.82 Å². The minimum atomic E-state index is -0.483. The molecule has 0 fully saturated rings. The van der Waals surface area contributed by atoms with Gasteiger partial charge in [0.1, 0.15) is 11.3 Å². The number of nitrogens with zero attached hydrogens (tertiary/aromatic N) is 3.